The van der Waals surface area contributed by atoms with E-state index in [2.05, 4.69) is 4.40 Å². The summed E-state index contributed by atoms with van der Waals surface area (Å²) in [4.78, 5) is 0. The van der Waals surface area contributed by atoms with Crippen molar-refractivity contribution in [2.75, 3.05) is 0 Å². The third-order valence-corrected chi connectivity index (χ3v) is 2.97. The highest BCUT2D eigenvalue weighted by Crippen LogP contribution is 2.16. The Morgan fingerprint density at radius 3 is 2.29 bits per heavy atom. The van der Waals surface area contributed by atoms with Crippen molar-refractivity contribution in [2.45, 2.75) is 25.5 Å². The number of rotatable bonds is 2. The molecule has 0 saturated carbocycles. The van der Waals surface area contributed by atoms with Crippen LogP contribution in [0.4, 0.5) is 0 Å². The third-order valence-electron chi connectivity index (χ3n) is 1.62. The zero-order valence-corrected chi connectivity index (χ0v) is 9.54. The summed E-state index contributed by atoms with van der Waals surface area (Å²) in [6, 6.07) is 9.67. The van der Waals surface area contributed by atoms with E-state index in [9.17, 15) is 4.55 Å². The SMILES string of the molecule is CC(C)(C)[S@+]([O-])N=Cc1ccccc1. The Morgan fingerprint density at radius 2 is 1.79 bits per heavy atom. The summed E-state index contributed by atoms with van der Waals surface area (Å²) in [5, 5.41) is 0. The molecule has 0 bridgehead atoms. The van der Waals surface area contributed by atoms with Crippen LogP contribution in [0.3, 0.4) is 0 Å². The highest BCUT2D eigenvalue weighted by molar-refractivity contribution is 7.91. The smallest absolute Gasteiger partial charge is 0.144 e. The molecule has 0 aromatic heterocycles. The van der Waals surface area contributed by atoms with Gasteiger partial charge in [0.15, 0.2) is 0 Å². The monoisotopic (exact) mass is 209 g/mol. The highest BCUT2D eigenvalue weighted by Gasteiger charge is 2.25. The van der Waals surface area contributed by atoms with Crippen molar-refractivity contribution in [2.24, 2.45) is 4.40 Å². The molecule has 2 nitrogen and oxygen atoms in total. The fourth-order valence-electron chi connectivity index (χ4n) is 0.806. The van der Waals surface area contributed by atoms with Gasteiger partial charge in [-0.05, 0) is 26.3 Å². The molecule has 14 heavy (non-hydrogen) atoms. The van der Waals surface area contributed by atoms with Crippen molar-refractivity contribution < 1.29 is 4.55 Å². The molecule has 1 rings (SSSR count). The number of benzene rings is 1. The molecular formula is C11H15NOS. The van der Waals surface area contributed by atoms with Gasteiger partial charge in [0.05, 0.1) is 6.21 Å². The van der Waals surface area contributed by atoms with Gasteiger partial charge in [0.1, 0.15) is 16.1 Å². The molecule has 0 radical (unpaired) electrons. The first-order valence-electron chi connectivity index (χ1n) is 4.51. The lowest BCUT2D eigenvalue weighted by atomic mass is 10.2. The molecule has 0 heterocycles. The van der Waals surface area contributed by atoms with E-state index >= 15 is 0 Å². The summed E-state index contributed by atoms with van der Waals surface area (Å²) in [5.74, 6) is 0. The van der Waals surface area contributed by atoms with Gasteiger partial charge in [0.2, 0.25) is 0 Å². The lowest BCUT2D eigenvalue weighted by Gasteiger charge is -2.17. The third kappa shape index (κ3) is 3.52. The molecule has 0 aliphatic rings. The number of hydrogen-bond acceptors (Lipinski definition) is 2. The summed E-state index contributed by atoms with van der Waals surface area (Å²) in [5.41, 5.74) is 0.977. The van der Waals surface area contributed by atoms with Crippen molar-refractivity contribution >= 4 is 17.6 Å². The van der Waals surface area contributed by atoms with Gasteiger partial charge in [-0.1, -0.05) is 34.7 Å². The minimum Gasteiger partial charge on any atom is -0.591 e. The van der Waals surface area contributed by atoms with Gasteiger partial charge < -0.3 is 4.55 Å². The van der Waals surface area contributed by atoms with Gasteiger partial charge in [-0.2, -0.15) is 0 Å². The van der Waals surface area contributed by atoms with Crippen LogP contribution in [0, 0.1) is 0 Å². The van der Waals surface area contributed by atoms with E-state index in [0.29, 0.717) is 0 Å². The van der Waals surface area contributed by atoms with Crippen LogP contribution in [0.1, 0.15) is 26.3 Å². The average Bonchev–Trinajstić information content (AvgIpc) is 2.14. The predicted molar refractivity (Wildman–Crippen MR) is 61.9 cm³/mol. The number of nitrogens with zero attached hydrogens (tertiary/aromatic N) is 1. The summed E-state index contributed by atoms with van der Waals surface area (Å²) in [7, 11) is 0. The fourth-order valence-corrected chi connectivity index (χ4v) is 1.34. The van der Waals surface area contributed by atoms with Gasteiger partial charge >= 0.3 is 0 Å². The maximum Gasteiger partial charge on any atom is 0.144 e. The topological polar surface area (TPSA) is 35.4 Å². The second-order valence-electron chi connectivity index (χ2n) is 4.01. The lowest BCUT2D eigenvalue weighted by Crippen LogP contribution is -2.25. The molecule has 0 aliphatic carbocycles. The van der Waals surface area contributed by atoms with Crippen molar-refractivity contribution in [3.05, 3.63) is 35.9 Å². The van der Waals surface area contributed by atoms with E-state index in [4.69, 9.17) is 0 Å². The van der Waals surface area contributed by atoms with E-state index in [1.807, 2.05) is 51.1 Å². The van der Waals surface area contributed by atoms with E-state index in [1.165, 1.54) is 0 Å². The van der Waals surface area contributed by atoms with Crippen LogP contribution in [0.5, 0.6) is 0 Å². The largest absolute Gasteiger partial charge is 0.591 e. The normalized spacial score (nSPS) is 14.6. The van der Waals surface area contributed by atoms with Gasteiger partial charge in [-0.15, -0.1) is 0 Å². The maximum absolute atomic E-state index is 11.6. The summed E-state index contributed by atoms with van der Waals surface area (Å²) in [6.45, 7) is 5.72. The van der Waals surface area contributed by atoms with Crippen molar-refractivity contribution in [3.8, 4) is 0 Å². The van der Waals surface area contributed by atoms with E-state index < -0.39 is 11.4 Å². The van der Waals surface area contributed by atoms with Gasteiger partial charge in [-0.3, -0.25) is 0 Å². The Kier molecular flexibility index (Phi) is 3.72. The molecule has 0 amide bonds. The van der Waals surface area contributed by atoms with Crippen LogP contribution in [-0.4, -0.2) is 15.5 Å². The molecule has 1 aromatic rings. The first kappa shape index (κ1) is 11.3. The molecule has 3 heteroatoms. The van der Waals surface area contributed by atoms with E-state index in [1.54, 1.807) is 6.21 Å². The van der Waals surface area contributed by atoms with Crippen LogP contribution >= 0.6 is 0 Å². The van der Waals surface area contributed by atoms with Crippen LogP contribution in [-0.2, 0) is 11.4 Å². The van der Waals surface area contributed by atoms with Crippen molar-refractivity contribution in [1.82, 2.24) is 0 Å². The van der Waals surface area contributed by atoms with Crippen LogP contribution in [0.25, 0.3) is 0 Å². The van der Waals surface area contributed by atoms with Gasteiger partial charge in [0, 0.05) is 0 Å². The molecule has 0 saturated heterocycles. The molecule has 0 spiro atoms. The summed E-state index contributed by atoms with van der Waals surface area (Å²) >= 11 is -1.17. The Bertz CT molecular complexity index is 303. The Hall–Kier alpha value is -0.800. The number of hydrogen-bond donors (Lipinski definition) is 0. The zero-order valence-electron chi connectivity index (χ0n) is 8.73. The quantitative estimate of drug-likeness (QED) is 0.544. The second kappa shape index (κ2) is 4.62. The summed E-state index contributed by atoms with van der Waals surface area (Å²) < 4.78 is 15.3. The van der Waals surface area contributed by atoms with Gasteiger partial charge in [0.25, 0.3) is 0 Å². The first-order valence-corrected chi connectivity index (χ1v) is 5.62. The fraction of sp³-hybridized carbons (Fsp3) is 0.364. The molecule has 0 aliphatic heterocycles. The Labute approximate surface area is 88.4 Å². The zero-order chi connectivity index (χ0) is 10.6. The molecule has 0 fully saturated rings. The lowest BCUT2D eigenvalue weighted by molar-refractivity contribution is 0.562. The molecule has 76 valence electrons. The average molecular weight is 209 g/mol. The van der Waals surface area contributed by atoms with Crippen LogP contribution in [0.2, 0.25) is 0 Å². The Balaban J connectivity index is 2.66. The predicted octanol–water partition coefficient (Wildman–Crippen LogP) is 2.57. The van der Waals surface area contributed by atoms with E-state index in [0.717, 1.165) is 5.56 Å². The minimum absolute atomic E-state index is 0.286. The first-order chi connectivity index (χ1) is 6.50. The Morgan fingerprint density at radius 1 is 1.21 bits per heavy atom. The van der Waals surface area contributed by atoms with Crippen LogP contribution in [0.15, 0.2) is 34.7 Å². The highest BCUT2D eigenvalue weighted by atomic mass is 32.2. The summed E-state index contributed by atoms with van der Waals surface area (Å²) in [6.07, 6.45) is 1.65. The van der Waals surface area contributed by atoms with Crippen molar-refractivity contribution in [1.29, 1.82) is 0 Å². The molecule has 1 atom stereocenters. The minimum atomic E-state index is -1.17. The maximum atomic E-state index is 11.6. The standard InChI is InChI=1S/C11H15NOS/c1-11(2,3)14(13)12-9-10-7-5-4-6-8-10/h4-9H,1-3H3/t14-/m0/s1. The van der Waals surface area contributed by atoms with Crippen molar-refractivity contribution in [3.63, 3.8) is 0 Å². The second-order valence-corrected chi connectivity index (χ2v) is 5.94. The van der Waals surface area contributed by atoms with Crippen LogP contribution < -0.4 is 0 Å². The van der Waals surface area contributed by atoms with Gasteiger partial charge in [-0.25, -0.2) is 0 Å². The molecular weight excluding hydrogens is 194 g/mol. The van der Waals surface area contributed by atoms with E-state index in [-0.39, 0.29) is 4.75 Å². The molecule has 0 N–H and O–H groups in total. The molecule has 0 unspecified atom stereocenters. The molecule has 1 aromatic carbocycles.